The van der Waals surface area contributed by atoms with Gasteiger partial charge in [-0.25, -0.2) is 0 Å². The van der Waals surface area contributed by atoms with Crippen LogP contribution in [0.2, 0.25) is 0 Å². The molecule has 1 heterocycles. The second-order valence-corrected chi connectivity index (χ2v) is 5.55. The Bertz CT molecular complexity index is 331. The molecule has 1 aromatic heterocycles. The normalized spacial score (nSPS) is 22.1. The SMILES string of the molecule is Cn1ncc2c1CCC(C(C)(C)C)C2. The topological polar surface area (TPSA) is 17.8 Å². The summed E-state index contributed by atoms with van der Waals surface area (Å²) in [7, 11) is 2.05. The van der Waals surface area contributed by atoms with E-state index < -0.39 is 0 Å². The molecule has 1 aliphatic rings. The number of aryl methyl sites for hydroxylation is 1. The molecule has 14 heavy (non-hydrogen) atoms. The van der Waals surface area contributed by atoms with Crippen LogP contribution in [-0.2, 0) is 19.9 Å². The van der Waals surface area contributed by atoms with E-state index in [0.29, 0.717) is 5.41 Å². The van der Waals surface area contributed by atoms with Gasteiger partial charge in [-0.05, 0) is 36.2 Å². The van der Waals surface area contributed by atoms with E-state index in [0.717, 1.165) is 5.92 Å². The van der Waals surface area contributed by atoms with Gasteiger partial charge in [0.05, 0.1) is 6.20 Å². The quantitative estimate of drug-likeness (QED) is 0.617. The van der Waals surface area contributed by atoms with Gasteiger partial charge in [-0.2, -0.15) is 5.10 Å². The highest BCUT2D eigenvalue weighted by atomic mass is 15.3. The highest BCUT2D eigenvalue weighted by Gasteiger charge is 2.29. The Morgan fingerprint density at radius 1 is 1.43 bits per heavy atom. The van der Waals surface area contributed by atoms with Crippen molar-refractivity contribution in [2.24, 2.45) is 18.4 Å². The third-order valence-electron chi connectivity index (χ3n) is 3.57. The molecule has 78 valence electrons. The minimum atomic E-state index is 0.438. The van der Waals surface area contributed by atoms with Gasteiger partial charge >= 0.3 is 0 Å². The van der Waals surface area contributed by atoms with E-state index in [4.69, 9.17) is 0 Å². The lowest BCUT2D eigenvalue weighted by atomic mass is 9.72. The van der Waals surface area contributed by atoms with E-state index in [9.17, 15) is 0 Å². The van der Waals surface area contributed by atoms with Crippen LogP contribution in [0.1, 0.15) is 38.4 Å². The first-order chi connectivity index (χ1) is 6.48. The molecule has 0 radical (unpaired) electrons. The molecule has 1 aromatic rings. The van der Waals surface area contributed by atoms with Crippen LogP contribution in [0.5, 0.6) is 0 Å². The first-order valence-electron chi connectivity index (χ1n) is 5.48. The summed E-state index contributed by atoms with van der Waals surface area (Å²) in [6, 6.07) is 0. The van der Waals surface area contributed by atoms with Crippen LogP contribution < -0.4 is 0 Å². The van der Waals surface area contributed by atoms with E-state index >= 15 is 0 Å². The molecular formula is C12H20N2. The van der Waals surface area contributed by atoms with Crippen molar-refractivity contribution in [1.82, 2.24) is 9.78 Å². The molecule has 0 saturated carbocycles. The molecule has 0 saturated heterocycles. The number of rotatable bonds is 0. The number of hydrogen-bond acceptors (Lipinski definition) is 1. The van der Waals surface area contributed by atoms with Crippen LogP contribution in [0.15, 0.2) is 6.20 Å². The van der Waals surface area contributed by atoms with Crippen molar-refractivity contribution >= 4 is 0 Å². The van der Waals surface area contributed by atoms with Gasteiger partial charge in [-0.1, -0.05) is 20.8 Å². The summed E-state index contributed by atoms with van der Waals surface area (Å²) >= 11 is 0. The summed E-state index contributed by atoms with van der Waals surface area (Å²) in [4.78, 5) is 0. The summed E-state index contributed by atoms with van der Waals surface area (Å²) in [6.07, 6.45) is 5.78. The summed E-state index contributed by atoms with van der Waals surface area (Å²) in [5.41, 5.74) is 3.36. The minimum absolute atomic E-state index is 0.438. The van der Waals surface area contributed by atoms with E-state index in [2.05, 4.69) is 32.9 Å². The van der Waals surface area contributed by atoms with Crippen LogP contribution >= 0.6 is 0 Å². The summed E-state index contributed by atoms with van der Waals surface area (Å²) in [6.45, 7) is 7.04. The van der Waals surface area contributed by atoms with Crippen LogP contribution in [0, 0.1) is 11.3 Å². The molecule has 2 rings (SSSR count). The van der Waals surface area contributed by atoms with Crippen LogP contribution in [0.3, 0.4) is 0 Å². The number of aromatic nitrogens is 2. The molecule has 0 spiro atoms. The molecule has 0 aromatic carbocycles. The van der Waals surface area contributed by atoms with Gasteiger partial charge in [0, 0.05) is 12.7 Å². The van der Waals surface area contributed by atoms with Gasteiger partial charge in [0.1, 0.15) is 0 Å². The van der Waals surface area contributed by atoms with Crippen molar-refractivity contribution in [3.05, 3.63) is 17.5 Å². The summed E-state index contributed by atoms with van der Waals surface area (Å²) in [5, 5.41) is 4.33. The Hall–Kier alpha value is -0.790. The second-order valence-electron chi connectivity index (χ2n) is 5.55. The van der Waals surface area contributed by atoms with E-state index in [1.54, 1.807) is 0 Å². The molecule has 0 aliphatic heterocycles. The zero-order valence-corrected chi connectivity index (χ0v) is 9.67. The van der Waals surface area contributed by atoms with Gasteiger partial charge < -0.3 is 0 Å². The van der Waals surface area contributed by atoms with Crippen molar-refractivity contribution in [2.75, 3.05) is 0 Å². The Balaban J connectivity index is 2.22. The fraction of sp³-hybridized carbons (Fsp3) is 0.750. The Labute approximate surface area is 86.3 Å². The Morgan fingerprint density at radius 3 is 2.79 bits per heavy atom. The molecular weight excluding hydrogens is 172 g/mol. The predicted octanol–water partition coefficient (Wildman–Crippen LogP) is 2.57. The summed E-state index contributed by atoms with van der Waals surface area (Å²) < 4.78 is 2.04. The lowest BCUT2D eigenvalue weighted by Gasteiger charge is -2.33. The maximum Gasteiger partial charge on any atom is 0.0524 e. The Morgan fingerprint density at radius 2 is 2.14 bits per heavy atom. The van der Waals surface area contributed by atoms with Crippen molar-refractivity contribution in [1.29, 1.82) is 0 Å². The maximum atomic E-state index is 4.33. The van der Waals surface area contributed by atoms with Gasteiger partial charge in [-0.15, -0.1) is 0 Å². The van der Waals surface area contributed by atoms with E-state index in [-0.39, 0.29) is 0 Å². The highest BCUT2D eigenvalue weighted by Crippen LogP contribution is 2.36. The second kappa shape index (κ2) is 3.11. The van der Waals surface area contributed by atoms with Crippen LogP contribution in [0.4, 0.5) is 0 Å². The van der Waals surface area contributed by atoms with Crippen LogP contribution in [0.25, 0.3) is 0 Å². The molecule has 0 fully saturated rings. The lowest BCUT2D eigenvalue weighted by molar-refractivity contribution is 0.214. The van der Waals surface area contributed by atoms with Gasteiger partial charge in [0.15, 0.2) is 0 Å². The number of hydrogen-bond donors (Lipinski definition) is 0. The third kappa shape index (κ3) is 1.58. The summed E-state index contributed by atoms with van der Waals surface area (Å²) in [5.74, 6) is 0.819. The zero-order chi connectivity index (χ0) is 10.3. The van der Waals surface area contributed by atoms with Crippen molar-refractivity contribution in [3.63, 3.8) is 0 Å². The molecule has 1 atom stereocenters. The van der Waals surface area contributed by atoms with E-state index in [1.807, 2.05) is 10.9 Å². The minimum Gasteiger partial charge on any atom is -0.272 e. The van der Waals surface area contributed by atoms with E-state index in [1.165, 1.54) is 30.5 Å². The largest absolute Gasteiger partial charge is 0.272 e. The molecule has 1 aliphatic carbocycles. The van der Waals surface area contributed by atoms with Crippen LogP contribution in [-0.4, -0.2) is 9.78 Å². The molecule has 0 bridgehead atoms. The fourth-order valence-electron chi connectivity index (χ4n) is 2.42. The lowest BCUT2D eigenvalue weighted by Crippen LogP contribution is -2.27. The Kier molecular flexibility index (Phi) is 2.17. The van der Waals surface area contributed by atoms with Crippen molar-refractivity contribution in [3.8, 4) is 0 Å². The number of fused-ring (bicyclic) bond motifs is 1. The molecule has 0 N–H and O–H groups in total. The van der Waals surface area contributed by atoms with Gasteiger partial charge in [0.25, 0.3) is 0 Å². The molecule has 2 nitrogen and oxygen atoms in total. The first kappa shape index (κ1) is 9.75. The predicted molar refractivity (Wildman–Crippen MR) is 58.2 cm³/mol. The van der Waals surface area contributed by atoms with Crippen molar-refractivity contribution in [2.45, 2.75) is 40.0 Å². The van der Waals surface area contributed by atoms with Gasteiger partial charge in [0.2, 0.25) is 0 Å². The number of nitrogens with zero attached hydrogens (tertiary/aromatic N) is 2. The van der Waals surface area contributed by atoms with Crippen molar-refractivity contribution < 1.29 is 0 Å². The third-order valence-corrected chi connectivity index (χ3v) is 3.57. The molecule has 0 amide bonds. The average Bonchev–Trinajstić information content (AvgIpc) is 2.46. The maximum absolute atomic E-state index is 4.33. The monoisotopic (exact) mass is 192 g/mol. The zero-order valence-electron chi connectivity index (χ0n) is 9.67. The average molecular weight is 192 g/mol. The smallest absolute Gasteiger partial charge is 0.0524 e. The molecule has 2 heteroatoms. The van der Waals surface area contributed by atoms with Gasteiger partial charge in [-0.3, -0.25) is 4.68 Å². The highest BCUT2D eigenvalue weighted by molar-refractivity contribution is 5.21. The fourth-order valence-corrected chi connectivity index (χ4v) is 2.42. The molecule has 1 unspecified atom stereocenters. The first-order valence-corrected chi connectivity index (χ1v) is 5.48. The standard InChI is InChI=1S/C12H20N2/c1-12(2,3)10-5-6-11-9(7-10)8-13-14(11)4/h8,10H,5-7H2,1-4H3.